The standard InChI is InChI=1S/C22H22N4O3/c1-25(13-7-12-23)22(27)18-15-26(17-8-5-4-6-9-17)24-21(18)16-10-11-19(28-2)20(14-16)29-3/h4-6,8-11,14-15H,7,13H2,1-3H3. The molecule has 1 amide bonds. The van der Waals surface area contributed by atoms with Gasteiger partial charge in [-0.25, -0.2) is 4.68 Å². The van der Waals surface area contributed by atoms with Crippen molar-refractivity contribution in [3.8, 4) is 34.5 Å². The van der Waals surface area contributed by atoms with E-state index in [1.54, 1.807) is 44.3 Å². The van der Waals surface area contributed by atoms with Crippen LogP contribution in [0.25, 0.3) is 16.9 Å². The van der Waals surface area contributed by atoms with Gasteiger partial charge in [-0.2, -0.15) is 10.4 Å². The van der Waals surface area contributed by atoms with Crippen LogP contribution in [0.15, 0.2) is 54.7 Å². The van der Waals surface area contributed by atoms with Gasteiger partial charge in [0, 0.05) is 25.4 Å². The number of para-hydroxylation sites is 1. The number of ether oxygens (including phenoxy) is 2. The molecule has 0 aliphatic heterocycles. The van der Waals surface area contributed by atoms with Gasteiger partial charge < -0.3 is 14.4 Å². The first kappa shape index (κ1) is 20.0. The van der Waals surface area contributed by atoms with Crippen molar-refractivity contribution in [2.45, 2.75) is 6.42 Å². The minimum absolute atomic E-state index is 0.202. The summed E-state index contributed by atoms with van der Waals surface area (Å²) in [7, 11) is 4.81. The molecule has 0 unspecified atom stereocenters. The third-order valence-corrected chi connectivity index (χ3v) is 4.53. The van der Waals surface area contributed by atoms with Crippen molar-refractivity contribution in [2.24, 2.45) is 0 Å². The van der Waals surface area contributed by atoms with Gasteiger partial charge in [0.15, 0.2) is 11.5 Å². The molecule has 0 radical (unpaired) electrons. The van der Waals surface area contributed by atoms with Gasteiger partial charge in [-0.3, -0.25) is 4.79 Å². The van der Waals surface area contributed by atoms with Crippen LogP contribution in [0.1, 0.15) is 16.8 Å². The summed E-state index contributed by atoms with van der Waals surface area (Å²) in [6, 6.07) is 17.1. The topological polar surface area (TPSA) is 80.4 Å². The third-order valence-electron chi connectivity index (χ3n) is 4.53. The monoisotopic (exact) mass is 390 g/mol. The smallest absolute Gasteiger partial charge is 0.257 e. The highest BCUT2D eigenvalue weighted by atomic mass is 16.5. The zero-order valence-electron chi connectivity index (χ0n) is 16.6. The van der Waals surface area contributed by atoms with E-state index < -0.39 is 0 Å². The molecule has 0 saturated carbocycles. The van der Waals surface area contributed by atoms with Gasteiger partial charge in [0.05, 0.1) is 38.0 Å². The fourth-order valence-electron chi connectivity index (χ4n) is 2.97. The average Bonchev–Trinajstić information content (AvgIpc) is 3.22. The van der Waals surface area contributed by atoms with Crippen molar-refractivity contribution >= 4 is 5.91 Å². The molecular weight excluding hydrogens is 368 g/mol. The number of rotatable bonds is 7. The fourth-order valence-corrected chi connectivity index (χ4v) is 2.97. The number of nitrogens with zero attached hydrogens (tertiary/aromatic N) is 4. The fraction of sp³-hybridized carbons (Fsp3) is 0.227. The molecule has 0 atom stereocenters. The molecule has 1 aromatic heterocycles. The van der Waals surface area contributed by atoms with Crippen LogP contribution in [0.2, 0.25) is 0 Å². The van der Waals surface area contributed by atoms with Crippen LogP contribution in [0, 0.1) is 11.3 Å². The van der Waals surface area contributed by atoms with Gasteiger partial charge in [-0.1, -0.05) is 18.2 Å². The molecule has 0 spiro atoms. The van der Waals surface area contributed by atoms with Crippen molar-refractivity contribution < 1.29 is 14.3 Å². The highest BCUT2D eigenvalue weighted by Gasteiger charge is 2.22. The number of methoxy groups -OCH3 is 2. The molecule has 7 nitrogen and oxygen atoms in total. The van der Waals surface area contributed by atoms with E-state index in [1.807, 2.05) is 36.4 Å². The van der Waals surface area contributed by atoms with E-state index in [-0.39, 0.29) is 12.3 Å². The van der Waals surface area contributed by atoms with Crippen LogP contribution in [-0.4, -0.2) is 48.4 Å². The lowest BCUT2D eigenvalue weighted by Gasteiger charge is -2.15. The summed E-state index contributed by atoms with van der Waals surface area (Å²) in [6.07, 6.45) is 1.98. The molecule has 7 heteroatoms. The van der Waals surface area contributed by atoms with Crippen molar-refractivity contribution in [2.75, 3.05) is 27.8 Å². The number of hydrogen-bond donors (Lipinski definition) is 0. The Bertz CT molecular complexity index is 1040. The Morgan fingerprint density at radius 3 is 2.52 bits per heavy atom. The van der Waals surface area contributed by atoms with Crippen molar-refractivity contribution in [1.82, 2.24) is 14.7 Å². The molecule has 0 aliphatic carbocycles. The number of aromatic nitrogens is 2. The molecule has 0 saturated heterocycles. The number of carbonyl (C=O) groups is 1. The summed E-state index contributed by atoms with van der Waals surface area (Å²) in [5, 5.41) is 13.5. The van der Waals surface area contributed by atoms with E-state index in [4.69, 9.17) is 14.7 Å². The Morgan fingerprint density at radius 2 is 1.86 bits per heavy atom. The summed E-state index contributed by atoms with van der Waals surface area (Å²) in [5.74, 6) is 0.945. The van der Waals surface area contributed by atoms with E-state index in [0.29, 0.717) is 29.3 Å². The second-order valence-electron chi connectivity index (χ2n) is 6.38. The lowest BCUT2D eigenvalue weighted by molar-refractivity contribution is 0.0798. The summed E-state index contributed by atoms with van der Waals surface area (Å²) >= 11 is 0. The van der Waals surface area contributed by atoms with Gasteiger partial charge in [-0.05, 0) is 30.3 Å². The average molecular weight is 390 g/mol. The van der Waals surface area contributed by atoms with Crippen LogP contribution in [-0.2, 0) is 0 Å². The van der Waals surface area contributed by atoms with E-state index >= 15 is 0 Å². The Kier molecular flexibility index (Phi) is 6.15. The van der Waals surface area contributed by atoms with E-state index in [2.05, 4.69) is 11.2 Å². The van der Waals surface area contributed by atoms with Gasteiger partial charge in [0.2, 0.25) is 0 Å². The molecule has 1 heterocycles. The molecule has 29 heavy (non-hydrogen) atoms. The summed E-state index contributed by atoms with van der Waals surface area (Å²) in [4.78, 5) is 14.6. The second-order valence-corrected chi connectivity index (χ2v) is 6.38. The van der Waals surface area contributed by atoms with Gasteiger partial charge in [0.25, 0.3) is 5.91 Å². The molecule has 0 aliphatic rings. The largest absolute Gasteiger partial charge is 0.493 e. The zero-order valence-corrected chi connectivity index (χ0v) is 16.6. The zero-order chi connectivity index (χ0) is 20.8. The van der Waals surface area contributed by atoms with Gasteiger partial charge in [0.1, 0.15) is 5.69 Å². The first-order valence-electron chi connectivity index (χ1n) is 9.09. The predicted octanol–water partition coefficient (Wildman–Crippen LogP) is 3.54. The highest BCUT2D eigenvalue weighted by molar-refractivity contribution is 6.00. The number of carbonyl (C=O) groups excluding carboxylic acids is 1. The van der Waals surface area contributed by atoms with Crippen molar-refractivity contribution in [1.29, 1.82) is 5.26 Å². The Hall–Kier alpha value is -3.79. The summed E-state index contributed by atoms with van der Waals surface area (Å²) in [6.45, 7) is 0.344. The van der Waals surface area contributed by atoms with E-state index in [9.17, 15) is 4.79 Å². The molecule has 3 rings (SSSR count). The minimum atomic E-state index is -0.202. The number of benzene rings is 2. The first-order chi connectivity index (χ1) is 14.1. The van der Waals surface area contributed by atoms with E-state index in [0.717, 1.165) is 11.3 Å². The quantitative estimate of drug-likeness (QED) is 0.616. The van der Waals surface area contributed by atoms with Gasteiger partial charge >= 0.3 is 0 Å². The molecule has 0 bridgehead atoms. The van der Waals surface area contributed by atoms with Crippen molar-refractivity contribution in [3.63, 3.8) is 0 Å². The molecular formula is C22H22N4O3. The van der Waals surface area contributed by atoms with Crippen LogP contribution in [0.5, 0.6) is 11.5 Å². The lowest BCUT2D eigenvalue weighted by atomic mass is 10.1. The second kappa shape index (κ2) is 8.93. The highest BCUT2D eigenvalue weighted by Crippen LogP contribution is 2.33. The summed E-state index contributed by atoms with van der Waals surface area (Å²) < 4.78 is 12.4. The molecule has 0 N–H and O–H groups in total. The Balaban J connectivity index is 2.10. The third kappa shape index (κ3) is 4.22. The molecule has 0 fully saturated rings. The molecule has 148 valence electrons. The van der Waals surface area contributed by atoms with Crippen molar-refractivity contribution in [3.05, 3.63) is 60.3 Å². The Labute approximate surface area is 169 Å². The molecule has 3 aromatic rings. The minimum Gasteiger partial charge on any atom is -0.493 e. The van der Waals surface area contributed by atoms with Crippen LogP contribution in [0.3, 0.4) is 0 Å². The van der Waals surface area contributed by atoms with Crippen LogP contribution >= 0.6 is 0 Å². The SMILES string of the molecule is COc1ccc(-c2nn(-c3ccccc3)cc2C(=O)N(C)CCC#N)cc1OC. The maximum absolute atomic E-state index is 13.1. The normalized spacial score (nSPS) is 10.3. The molecule has 2 aromatic carbocycles. The van der Waals surface area contributed by atoms with Crippen LogP contribution < -0.4 is 9.47 Å². The van der Waals surface area contributed by atoms with Crippen LogP contribution in [0.4, 0.5) is 0 Å². The predicted molar refractivity (Wildman–Crippen MR) is 109 cm³/mol. The Morgan fingerprint density at radius 1 is 1.14 bits per heavy atom. The van der Waals surface area contributed by atoms with Gasteiger partial charge in [-0.15, -0.1) is 0 Å². The number of amides is 1. The summed E-state index contributed by atoms with van der Waals surface area (Å²) in [5.41, 5.74) is 2.55. The number of nitriles is 1. The first-order valence-corrected chi connectivity index (χ1v) is 9.09. The lowest BCUT2D eigenvalue weighted by Crippen LogP contribution is -2.27. The maximum atomic E-state index is 13.1. The maximum Gasteiger partial charge on any atom is 0.257 e. The van der Waals surface area contributed by atoms with E-state index in [1.165, 1.54) is 4.90 Å². The number of hydrogen-bond acceptors (Lipinski definition) is 5.